The lowest BCUT2D eigenvalue weighted by molar-refractivity contribution is -0.121. The van der Waals surface area contributed by atoms with E-state index in [2.05, 4.69) is 10.6 Å². The smallest absolute Gasteiger partial charge is 0.317 e. The zero-order valence-corrected chi connectivity index (χ0v) is 14.8. The van der Waals surface area contributed by atoms with Crippen molar-refractivity contribution in [1.29, 1.82) is 0 Å². The lowest BCUT2D eigenvalue weighted by Crippen LogP contribution is -2.41. The van der Waals surface area contributed by atoms with Gasteiger partial charge < -0.3 is 21.3 Å². The minimum atomic E-state index is -0.184. The summed E-state index contributed by atoms with van der Waals surface area (Å²) in [6.45, 7) is 1.38. The van der Waals surface area contributed by atoms with E-state index in [1.807, 2.05) is 30.3 Å². The van der Waals surface area contributed by atoms with Gasteiger partial charge in [-0.2, -0.15) is 0 Å². The Morgan fingerprint density at radius 3 is 2.54 bits per heavy atom. The molecule has 1 aromatic rings. The molecule has 0 aliphatic heterocycles. The van der Waals surface area contributed by atoms with Gasteiger partial charge in [0.2, 0.25) is 5.91 Å². The fourth-order valence-electron chi connectivity index (χ4n) is 2.36. The number of rotatable bonds is 8. The van der Waals surface area contributed by atoms with Crippen molar-refractivity contribution in [2.24, 2.45) is 11.7 Å². The number of amides is 3. The monoisotopic (exact) mass is 354 g/mol. The normalized spacial score (nSPS) is 14.2. The summed E-state index contributed by atoms with van der Waals surface area (Å²) in [4.78, 5) is 25.3. The van der Waals surface area contributed by atoms with Gasteiger partial charge in [0.25, 0.3) is 0 Å². The average Bonchev–Trinajstić information content (AvgIpc) is 3.38. The highest BCUT2D eigenvalue weighted by atomic mass is 35.5. The Bertz CT molecular complexity index is 523. The number of hydrogen-bond donors (Lipinski definition) is 3. The Morgan fingerprint density at radius 2 is 1.92 bits per heavy atom. The first-order valence-corrected chi connectivity index (χ1v) is 8.11. The first-order valence-electron chi connectivity index (χ1n) is 8.11. The molecule has 134 valence electrons. The molecule has 0 aromatic heterocycles. The molecule has 0 radical (unpaired) electrons. The molecular formula is C17H27ClN4O2. The highest BCUT2D eigenvalue weighted by molar-refractivity contribution is 5.85. The maximum atomic E-state index is 12.0. The SMILES string of the molecule is CN(Cc1ccccc1)C(=O)NCCC(=O)NCC(N)C1CC1.Cl. The van der Waals surface area contributed by atoms with E-state index < -0.39 is 0 Å². The summed E-state index contributed by atoms with van der Waals surface area (Å²) in [5.74, 6) is 0.494. The average molecular weight is 355 g/mol. The van der Waals surface area contributed by atoms with E-state index >= 15 is 0 Å². The Labute approximate surface area is 149 Å². The van der Waals surface area contributed by atoms with Crippen molar-refractivity contribution in [3.63, 3.8) is 0 Å². The third-order valence-corrected chi connectivity index (χ3v) is 4.00. The van der Waals surface area contributed by atoms with Gasteiger partial charge in [0.05, 0.1) is 0 Å². The third kappa shape index (κ3) is 7.19. The molecule has 4 N–H and O–H groups in total. The molecule has 1 aliphatic carbocycles. The van der Waals surface area contributed by atoms with E-state index in [4.69, 9.17) is 5.73 Å². The van der Waals surface area contributed by atoms with Crippen LogP contribution in [0.25, 0.3) is 0 Å². The molecule has 7 heteroatoms. The standard InChI is InChI=1S/C17H26N4O2.ClH/c1-21(12-13-5-3-2-4-6-13)17(23)19-10-9-16(22)20-11-15(18)14-7-8-14;/h2-6,14-15H,7-12,18H2,1H3,(H,19,23)(H,20,22);1H. The number of carbonyl (C=O) groups excluding carboxylic acids is 2. The van der Waals surface area contributed by atoms with Crippen LogP contribution in [0.5, 0.6) is 0 Å². The quantitative estimate of drug-likeness (QED) is 0.661. The lowest BCUT2D eigenvalue weighted by atomic mass is 10.2. The number of nitrogens with one attached hydrogen (secondary N) is 2. The van der Waals surface area contributed by atoms with Crippen LogP contribution < -0.4 is 16.4 Å². The second-order valence-electron chi connectivity index (χ2n) is 6.13. The summed E-state index contributed by atoms with van der Waals surface area (Å²) < 4.78 is 0. The van der Waals surface area contributed by atoms with Crippen LogP contribution in [0, 0.1) is 5.92 Å². The molecule has 2 rings (SSSR count). The minimum absolute atomic E-state index is 0. The fraction of sp³-hybridized carbons (Fsp3) is 0.529. The Kier molecular flexibility index (Phi) is 8.57. The van der Waals surface area contributed by atoms with E-state index in [-0.39, 0.29) is 36.8 Å². The van der Waals surface area contributed by atoms with Crippen molar-refractivity contribution in [3.8, 4) is 0 Å². The maximum Gasteiger partial charge on any atom is 0.317 e. The van der Waals surface area contributed by atoms with Crippen LogP contribution >= 0.6 is 12.4 Å². The molecule has 1 unspecified atom stereocenters. The number of halogens is 1. The van der Waals surface area contributed by atoms with Gasteiger partial charge in [-0.1, -0.05) is 30.3 Å². The summed E-state index contributed by atoms with van der Waals surface area (Å²) in [5.41, 5.74) is 6.99. The van der Waals surface area contributed by atoms with Crippen molar-refractivity contribution < 1.29 is 9.59 Å². The predicted octanol–water partition coefficient (Wildman–Crippen LogP) is 1.49. The molecule has 0 saturated heterocycles. The predicted molar refractivity (Wildman–Crippen MR) is 96.9 cm³/mol. The van der Waals surface area contributed by atoms with E-state index in [1.165, 1.54) is 12.8 Å². The van der Waals surface area contributed by atoms with Crippen LogP contribution in [-0.4, -0.2) is 43.0 Å². The molecule has 0 heterocycles. The van der Waals surface area contributed by atoms with Crippen molar-refractivity contribution >= 4 is 24.3 Å². The number of urea groups is 1. The van der Waals surface area contributed by atoms with Crippen LogP contribution in [0.3, 0.4) is 0 Å². The molecule has 0 bridgehead atoms. The molecule has 0 spiro atoms. The van der Waals surface area contributed by atoms with Gasteiger partial charge >= 0.3 is 6.03 Å². The summed E-state index contributed by atoms with van der Waals surface area (Å²) in [7, 11) is 1.73. The largest absolute Gasteiger partial charge is 0.354 e. The summed E-state index contributed by atoms with van der Waals surface area (Å²) in [6.07, 6.45) is 2.60. The Balaban J connectivity index is 0.00000288. The van der Waals surface area contributed by atoms with Gasteiger partial charge in [-0.25, -0.2) is 4.79 Å². The van der Waals surface area contributed by atoms with Crippen molar-refractivity contribution in [2.75, 3.05) is 20.1 Å². The summed E-state index contributed by atoms with van der Waals surface area (Å²) in [5, 5.41) is 5.57. The van der Waals surface area contributed by atoms with E-state index in [0.29, 0.717) is 25.6 Å². The maximum absolute atomic E-state index is 12.0. The molecule has 1 atom stereocenters. The second kappa shape index (κ2) is 10.2. The van der Waals surface area contributed by atoms with Crippen LogP contribution in [0.15, 0.2) is 30.3 Å². The van der Waals surface area contributed by atoms with Gasteiger partial charge in [-0.3, -0.25) is 4.79 Å². The lowest BCUT2D eigenvalue weighted by Gasteiger charge is -2.18. The molecular weight excluding hydrogens is 328 g/mol. The highest BCUT2D eigenvalue weighted by Gasteiger charge is 2.28. The molecule has 6 nitrogen and oxygen atoms in total. The molecule has 1 saturated carbocycles. The van der Waals surface area contributed by atoms with E-state index in [0.717, 1.165) is 5.56 Å². The number of benzene rings is 1. The number of carbonyl (C=O) groups is 2. The Hall–Kier alpha value is -1.79. The van der Waals surface area contributed by atoms with Crippen molar-refractivity contribution in [3.05, 3.63) is 35.9 Å². The molecule has 1 fully saturated rings. The third-order valence-electron chi connectivity index (χ3n) is 4.00. The van der Waals surface area contributed by atoms with Crippen LogP contribution in [-0.2, 0) is 11.3 Å². The van der Waals surface area contributed by atoms with Gasteiger partial charge in [0, 0.05) is 39.1 Å². The highest BCUT2D eigenvalue weighted by Crippen LogP contribution is 2.31. The number of nitrogens with two attached hydrogens (primary N) is 1. The van der Waals surface area contributed by atoms with Crippen molar-refractivity contribution in [1.82, 2.24) is 15.5 Å². The summed E-state index contributed by atoms with van der Waals surface area (Å²) in [6, 6.07) is 9.65. The number of hydrogen-bond acceptors (Lipinski definition) is 3. The van der Waals surface area contributed by atoms with Gasteiger partial charge in [0.15, 0.2) is 0 Å². The van der Waals surface area contributed by atoms with Crippen LogP contribution in [0.1, 0.15) is 24.8 Å². The zero-order chi connectivity index (χ0) is 16.7. The van der Waals surface area contributed by atoms with Gasteiger partial charge in [-0.05, 0) is 24.3 Å². The van der Waals surface area contributed by atoms with Crippen molar-refractivity contribution in [2.45, 2.75) is 31.8 Å². The molecule has 1 aromatic carbocycles. The van der Waals surface area contributed by atoms with Crippen LogP contribution in [0.2, 0.25) is 0 Å². The van der Waals surface area contributed by atoms with E-state index in [1.54, 1.807) is 11.9 Å². The minimum Gasteiger partial charge on any atom is -0.354 e. The second-order valence-corrected chi connectivity index (χ2v) is 6.13. The van der Waals surface area contributed by atoms with E-state index in [9.17, 15) is 9.59 Å². The zero-order valence-electron chi connectivity index (χ0n) is 14.0. The fourth-order valence-corrected chi connectivity index (χ4v) is 2.36. The topological polar surface area (TPSA) is 87.5 Å². The molecule has 1 aliphatic rings. The first kappa shape index (κ1) is 20.3. The van der Waals surface area contributed by atoms with Gasteiger partial charge in [-0.15, -0.1) is 12.4 Å². The number of nitrogens with zero attached hydrogens (tertiary/aromatic N) is 1. The Morgan fingerprint density at radius 1 is 1.25 bits per heavy atom. The summed E-state index contributed by atoms with van der Waals surface area (Å²) >= 11 is 0. The first-order chi connectivity index (χ1) is 11.1. The molecule has 3 amide bonds. The van der Waals surface area contributed by atoms with Gasteiger partial charge in [0.1, 0.15) is 0 Å². The van der Waals surface area contributed by atoms with Crippen LogP contribution in [0.4, 0.5) is 4.79 Å². The molecule has 24 heavy (non-hydrogen) atoms.